The van der Waals surface area contributed by atoms with Gasteiger partial charge in [0.1, 0.15) is 0 Å². The maximum absolute atomic E-state index is 10.3. The molecule has 1 saturated heterocycles. The topological polar surface area (TPSA) is 69.7 Å². The van der Waals surface area contributed by atoms with Crippen LogP contribution < -0.4 is 5.73 Å². The number of nitrogen functional groups attached to an aromatic ring is 1. The number of anilines is 1. The number of aliphatic hydroxyl groups is 2. The summed E-state index contributed by atoms with van der Waals surface area (Å²) in [7, 11) is 0. The molecule has 4 nitrogen and oxygen atoms in total. The summed E-state index contributed by atoms with van der Waals surface area (Å²) in [4.78, 5) is 2.34. The van der Waals surface area contributed by atoms with Gasteiger partial charge in [-0.1, -0.05) is 12.1 Å². The van der Waals surface area contributed by atoms with Crippen molar-refractivity contribution in [2.24, 2.45) is 0 Å². The monoisotopic (exact) mass is 264 g/mol. The highest BCUT2D eigenvalue weighted by molar-refractivity contribution is 5.41. The fraction of sp³-hybridized carbons (Fsp3) is 0.600. The Kier molecular flexibility index (Phi) is 5.19. The molecule has 4 heteroatoms. The van der Waals surface area contributed by atoms with E-state index in [2.05, 4.69) is 4.90 Å². The Bertz CT molecular complexity index is 397. The van der Waals surface area contributed by atoms with Crippen LogP contribution in [0, 0.1) is 0 Å². The lowest BCUT2D eigenvalue weighted by Crippen LogP contribution is -2.33. The largest absolute Gasteiger partial charge is 0.399 e. The number of hydrogen-bond donors (Lipinski definition) is 3. The fourth-order valence-electron chi connectivity index (χ4n) is 2.88. The van der Waals surface area contributed by atoms with Crippen LogP contribution in [0.15, 0.2) is 24.3 Å². The zero-order valence-corrected chi connectivity index (χ0v) is 11.3. The van der Waals surface area contributed by atoms with E-state index in [1.54, 1.807) is 0 Å². The molecule has 1 aliphatic rings. The third-order valence-electron chi connectivity index (χ3n) is 3.90. The maximum atomic E-state index is 10.3. The molecule has 1 heterocycles. The van der Waals surface area contributed by atoms with Crippen LogP contribution in [-0.4, -0.2) is 40.9 Å². The zero-order valence-electron chi connectivity index (χ0n) is 11.3. The van der Waals surface area contributed by atoms with E-state index in [0.29, 0.717) is 18.3 Å². The van der Waals surface area contributed by atoms with E-state index in [-0.39, 0.29) is 6.61 Å². The molecular weight excluding hydrogens is 240 g/mol. The molecule has 1 aromatic rings. The molecule has 2 rings (SSSR count). The Labute approximate surface area is 114 Å². The molecule has 1 fully saturated rings. The third kappa shape index (κ3) is 3.93. The van der Waals surface area contributed by atoms with Gasteiger partial charge < -0.3 is 15.9 Å². The molecule has 1 aromatic carbocycles. The molecule has 106 valence electrons. The molecule has 2 unspecified atom stereocenters. The van der Waals surface area contributed by atoms with Crippen LogP contribution in [0.25, 0.3) is 0 Å². The normalized spacial score (nSPS) is 21.7. The van der Waals surface area contributed by atoms with Crippen molar-refractivity contribution in [3.05, 3.63) is 29.8 Å². The van der Waals surface area contributed by atoms with Crippen molar-refractivity contribution >= 4 is 5.69 Å². The number of nitrogens with zero attached hydrogens (tertiary/aromatic N) is 1. The fourth-order valence-corrected chi connectivity index (χ4v) is 2.88. The van der Waals surface area contributed by atoms with Crippen LogP contribution in [0.5, 0.6) is 0 Å². The van der Waals surface area contributed by atoms with Crippen molar-refractivity contribution in [1.82, 2.24) is 4.90 Å². The average Bonchev–Trinajstić information content (AvgIpc) is 2.83. The Hall–Kier alpha value is -1.10. The summed E-state index contributed by atoms with van der Waals surface area (Å²) >= 11 is 0. The van der Waals surface area contributed by atoms with Gasteiger partial charge in [0, 0.05) is 24.9 Å². The molecule has 0 radical (unpaired) electrons. The van der Waals surface area contributed by atoms with Crippen molar-refractivity contribution in [1.29, 1.82) is 0 Å². The summed E-state index contributed by atoms with van der Waals surface area (Å²) < 4.78 is 0. The molecule has 0 bridgehead atoms. The first kappa shape index (κ1) is 14.3. The van der Waals surface area contributed by atoms with Crippen LogP contribution in [0.4, 0.5) is 5.69 Å². The number of hydrogen-bond acceptors (Lipinski definition) is 4. The first-order valence-corrected chi connectivity index (χ1v) is 7.09. The lowest BCUT2D eigenvalue weighted by molar-refractivity contribution is 0.101. The van der Waals surface area contributed by atoms with Crippen LogP contribution >= 0.6 is 0 Å². The maximum Gasteiger partial charge on any atom is 0.0917 e. The van der Waals surface area contributed by atoms with Crippen LogP contribution in [0.3, 0.4) is 0 Å². The van der Waals surface area contributed by atoms with E-state index in [4.69, 9.17) is 10.8 Å². The number of aliphatic hydroxyl groups excluding tert-OH is 2. The van der Waals surface area contributed by atoms with Crippen molar-refractivity contribution in [3.63, 3.8) is 0 Å². The summed E-state index contributed by atoms with van der Waals surface area (Å²) in [5.74, 6) is 0. The van der Waals surface area contributed by atoms with E-state index in [1.165, 1.54) is 12.8 Å². The van der Waals surface area contributed by atoms with Crippen LogP contribution in [0.1, 0.15) is 37.4 Å². The van der Waals surface area contributed by atoms with Gasteiger partial charge in [-0.05, 0) is 49.9 Å². The number of likely N-dealkylation sites (tertiary alicyclic amines) is 1. The molecular formula is C15H24N2O2. The van der Waals surface area contributed by atoms with Gasteiger partial charge in [0.25, 0.3) is 0 Å². The first-order chi connectivity index (χ1) is 9.20. The zero-order chi connectivity index (χ0) is 13.7. The highest BCUT2D eigenvalue weighted by atomic mass is 16.3. The second-order valence-electron chi connectivity index (χ2n) is 5.34. The molecule has 0 saturated carbocycles. The molecule has 0 spiro atoms. The van der Waals surface area contributed by atoms with Gasteiger partial charge in [0.05, 0.1) is 6.10 Å². The van der Waals surface area contributed by atoms with E-state index in [0.717, 1.165) is 24.9 Å². The van der Waals surface area contributed by atoms with Crippen molar-refractivity contribution in [3.8, 4) is 0 Å². The quantitative estimate of drug-likeness (QED) is 0.682. The summed E-state index contributed by atoms with van der Waals surface area (Å²) in [6, 6.07) is 7.96. The third-order valence-corrected chi connectivity index (χ3v) is 3.90. The van der Waals surface area contributed by atoms with Crippen LogP contribution in [0.2, 0.25) is 0 Å². The molecule has 1 aliphatic heterocycles. The number of rotatable bonds is 6. The van der Waals surface area contributed by atoms with Gasteiger partial charge in [-0.25, -0.2) is 0 Å². The van der Waals surface area contributed by atoms with Crippen molar-refractivity contribution in [2.45, 2.75) is 37.8 Å². The summed E-state index contributed by atoms with van der Waals surface area (Å²) in [5, 5.41) is 19.2. The number of benzene rings is 1. The lowest BCUT2D eigenvalue weighted by Gasteiger charge is -2.27. The second-order valence-corrected chi connectivity index (χ2v) is 5.34. The summed E-state index contributed by atoms with van der Waals surface area (Å²) in [5.41, 5.74) is 7.32. The van der Waals surface area contributed by atoms with Crippen molar-refractivity contribution in [2.75, 3.05) is 25.4 Å². The standard InChI is InChI=1S/C15H24N2O2/c16-13-5-1-4-12(10-13)15(19)11-17-8-2-6-14(17)7-3-9-18/h1,4-5,10,14-15,18-19H,2-3,6-9,11,16H2. The van der Waals surface area contributed by atoms with E-state index < -0.39 is 6.10 Å². The summed E-state index contributed by atoms with van der Waals surface area (Å²) in [6.45, 7) is 1.94. The van der Waals surface area contributed by atoms with Gasteiger partial charge in [-0.3, -0.25) is 4.90 Å². The van der Waals surface area contributed by atoms with Gasteiger partial charge >= 0.3 is 0 Å². The minimum Gasteiger partial charge on any atom is -0.399 e. The molecule has 0 amide bonds. The average molecular weight is 264 g/mol. The Balaban J connectivity index is 1.92. The number of nitrogens with two attached hydrogens (primary N) is 1. The molecule has 4 N–H and O–H groups in total. The van der Waals surface area contributed by atoms with Gasteiger partial charge in [-0.15, -0.1) is 0 Å². The molecule has 0 aliphatic carbocycles. The first-order valence-electron chi connectivity index (χ1n) is 7.09. The molecule has 2 atom stereocenters. The smallest absolute Gasteiger partial charge is 0.0917 e. The van der Waals surface area contributed by atoms with Gasteiger partial charge in [0.15, 0.2) is 0 Å². The Morgan fingerprint density at radius 1 is 1.42 bits per heavy atom. The Morgan fingerprint density at radius 2 is 2.26 bits per heavy atom. The van der Waals surface area contributed by atoms with E-state index in [9.17, 15) is 5.11 Å². The second kappa shape index (κ2) is 6.89. The predicted molar refractivity (Wildman–Crippen MR) is 76.7 cm³/mol. The highest BCUT2D eigenvalue weighted by Gasteiger charge is 2.26. The highest BCUT2D eigenvalue weighted by Crippen LogP contribution is 2.25. The van der Waals surface area contributed by atoms with Crippen molar-refractivity contribution < 1.29 is 10.2 Å². The molecule has 0 aromatic heterocycles. The van der Waals surface area contributed by atoms with E-state index >= 15 is 0 Å². The van der Waals surface area contributed by atoms with Gasteiger partial charge in [-0.2, -0.15) is 0 Å². The van der Waals surface area contributed by atoms with E-state index in [1.807, 2.05) is 24.3 Å². The SMILES string of the molecule is Nc1cccc(C(O)CN2CCCC2CCCO)c1. The molecule has 19 heavy (non-hydrogen) atoms. The minimum absolute atomic E-state index is 0.252. The van der Waals surface area contributed by atoms with Gasteiger partial charge in [0.2, 0.25) is 0 Å². The number of β-amino-alcohol motifs (C(OH)–C–C–N with tert-alkyl or cyclic N) is 1. The van der Waals surface area contributed by atoms with Crippen LogP contribution in [-0.2, 0) is 0 Å². The summed E-state index contributed by atoms with van der Waals surface area (Å²) in [6.07, 6.45) is 3.72. The Morgan fingerprint density at radius 3 is 3.00 bits per heavy atom. The minimum atomic E-state index is -0.488. The predicted octanol–water partition coefficient (Wildman–Crippen LogP) is 1.54. The lowest BCUT2D eigenvalue weighted by atomic mass is 10.1.